The minimum absolute atomic E-state index is 0.0302. The highest BCUT2D eigenvalue weighted by Gasteiger charge is 2.23. The number of benzene rings is 4. The van der Waals surface area contributed by atoms with E-state index in [0.29, 0.717) is 19.6 Å². The summed E-state index contributed by atoms with van der Waals surface area (Å²) in [5.41, 5.74) is 5.76. The molecule has 0 saturated heterocycles. The van der Waals surface area contributed by atoms with Gasteiger partial charge >= 0.3 is 0 Å². The number of fused-ring (bicyclic) bond motifs is 1. The van der Waals surface area contributed by atoms with E-state index < -0.39 is 0 Å². The Labute approximate surface area is 218 Å². The van der Waals surface area contributed by atoms with Crippen molar-refractivity contribution < 1.29 is 9.53 Å². The molecule has 4 heteroatoms. The maximum Gasteiger partial charge on any atom is 0.221 e. The van der Waals surface area contributed by atoms with Gasteiger partial charge in [0.25, 0.3) is 0 Å². The Kier molecular flexibility index (Phi) is 7.66. The molecule has 4 aromatic carbocycles. The predicted octanol–water partition coefficient (Wildman–Crippen LogP) is 6.93. The highest BCUT2D eigenvalue weighted by Crippen LogP contribution is 2.36. The zero-order chi connectivity index (χ0) is 25.5. The molecule has 186 valence electrons. The van der Waals surface area contributed by atoms with Crippen molar-refractivity contribution in [2.45, 2.75) is 32.4 Å². The summed E-state index contributed by atoms with van der Waals surface area (Å²) in [6, 6.07) is 37.1. The fraction of sp³-hybridized carbons (Fsp3) is 0.182. The minimum Gasteiger partial charge on any atom is -0.494 e. The van der Waals surface area contributed by atoms with Gasteiger partial charge in [0.05, 0.1) is 6.61 Å². The standard InChI is InChI=1S/C33H32N2O2/c1-2-37-28-19-17-27(18-20-28)30(21-33(36)34-22-25-11-5-3-6-12-25)31-24-35(23-26-13-7-4-8-14-26)32-16-10-9-15-29(31)32/h3-20,24,30H,2,21-23H2,1H3,(H,34,36)/t30-/m0/s1. The average molecular weight is 489 g/mol. The van der Waals surface area contributed by atoms with Crippen molar-refractivity contribution in [2.75, 3.05) is 6.61 Å². The SMILES string of the molecule is CCOc1ccc([C@H](CC(=O)NCc2ccccc2)c2cn(Cc3ccccc3)c3ccccc23)cc1. The van der Waals surface area contributed by atoms with Crippen LogP contribution < -0.4 is 10.1 Å². The van der Waals surface area contributed by atoms with Crippen molar-refractivity contribution in [3.8, 4) is 5.75 Å². The van der Waals surface area contributed by atoms with Crippen LogP contribution in [0.4, 0.5) is 0 Å². The first-order chi connectivity index (χ1) is 18.2. The Morgan fingerprint density at radius 2 is 1.46 bits per heavy atom. The van der Waals surface area contributed by atoms with E-state index in [-0.39, 0.29) is 11.8 Å². The summed E-state index contributed by atoms with van der Waals surface area (Å²) in [6.45, 7) is 3.90. The molecule has 1 heterocycles. The van der Waals surface area contributed by atoms with E-state index >= 15 is 0 Å². The predicted molar refractivity (Wildman–Crippen MR) is 150 cm³/mol. The Balaban J connectivity index is 1.49. The smallest absolute Gasteiger partial charge is 0.221 e. The van der Waals surface area contributed by atoms with Crippen molar-refractivity contribution in [1.82, 2.24) is 9.88 Å². The molecular weight excluding hydrogens is 456 g/mol. The summed E-state index contributed by atoms with van der Waals surface area (Å²) in [7, 11) is 0. The molecule has 1 amide bonds. The summed E-state index contributed by atoms with van der Waals surface area (Å²) < 4.78 is 7.97. The number of hydrogen-bond acceptors (Lipinski definition) is 2. The lowest BCUT2D eigenvalue weighted by atomic mass is 9.88. The number of nitrogens with one attached hydrogen (secondary N) is 1. The summed E-state index contributed by atoms with van der Waals surface area (Å²) in [5, 5.41) is 4.30. The average Bonchev–Trinajstić information content (AvgIpc) is 3.30. The van der Waals surface area contributed by atoms with Crippen molar-refractivity contribution in [1.29, 1.82) is 0 Å². The van der Waals surface area contributed by atoms with Gasteiger partial charge in [-0.2, -0.15) is 0 Å². The monoisotopic (exact) mass is 488 g/mol. The van der Waals surface area contributed by atoms with Crippen LogP contribution in [0.25, 0.3) is 10.9 Å². The molecule has 0 saturated carbocycles. The fourth-order valence-electron chi connectivity index (χ4n) is 4.89. The number of aromatic nitrogens is 1. The second-order valence-electron chi connectivity index (χ2n) is 9.24. The summed E-state index contributed by atoms with van der Waals surface area (Å²) in [5.74, 6) is 0.779. The van der Waals surface area contributed by atoms with E-state index in [4.69, 9.17) is 4.74 Å². The van der Waals surface area contributed by atoms with E-state index in [1.807, 2.05) is 55.5 Å². The van der Waals surface area contributed by atoms with Gasteiger partial charge in [0.15, 0.2) is 0 Å². The normalized spacial score (nSPS) is 11.8. The van der Waals surface area contributed by atoms with Crippen LogP contribution in [0, 0.1) is 0 Å². The van der Waals surface area contributed by atoms with Crippen LogP contribution in [-0.4, -0.2) is 17.1 Å². The number of para-hydroxylation sites is 1. The van der Waals surface area contributed by atoms with Gasteiger partial charge in [-0.3, -0.25) is 4.79 Å². The Morgan fingerprint density at radius 3 is 2.16 bits per heavy atom. The molecule has 1 atom stereocenters. The van der Waals surface area contributed by atoms with Crippen molar-refractivity contribution in [3.63, 3.8) is 0 Å². The molecule has 0 spiro atoms. The van der Waals surface area contributed by atoms with Gasteiger partial charge in [-0.25, -0.2) is 0 Å². The molecule has 0 fully saturated rings. The number of rotatable bonds is 10. The number of amides is 1. The Hall–Kier alpha value is -4.31. The number of ether oxygens (including phenoxy) is 1. The first-order valence-corrected chi connectivity index (χ1v) is 12.9. The molecule has 4 nitrogen and oxygen atoms in total. The molecule has 5 rings (SSSR count). The lowest BCUT2D eigenvalue weighted by Crippen LogP contribution is -2.25. The number of nitrogens with zero attached hydrogens (tertiary/aromatic N) is 1. The number of hydrogen-bond donors (Lipinski definition) is 1. The van der Waals surface area contributed by atoms with Crippen LogP contribution in [0.5, 0.6) is 5.75 Å². The molecular formula is C33H32N2O2. The second-order valence-corrected chi connectivity index (χ2v) is 9.24. The largest absolute Gasteiger partial charge is 0.494 e. The van der Waals surface area contributed by atoms with Crippen molar-refractivity contribution in [3.05, 3.63) is 138 Å². The van der Waals surface area contributed by atoms with Gasteiger partial charge in [-0.1, -0.05) is 91.0 Å². The first kappa shape index (κ1) is 24.4. The van der Waals surface area contributed by atoms with Crippen molar-refractivity contribution >= 4 is 16.8 Å². The van der Waals surface area contributed by atoms with Gasteiger partial charge in [-0.15, -0.1) is 0 Å². The first-order valence-electron chi connectivity index (χ1n) is 12.9. The fourth-order valence-corrected chi connectivity index (χ4v) is 4.89. The zero-order valence-corrected chi connectivity index (χ0v) is 21.1. The van der Waals surface area contributed by atoms with E-state index in [1.165, 1.54) is 16.5 Å². The molecule has 0 aliphatic carbocycles. The quantitative estimate of drug-likeness (QED) is 0.232. The highest BCUT2D eigenvalue weighted by atomic mass is 16.5. The van der Waals surface area contributed by atoms with Crippen LogP contribution in [-0.2, 0) is 17.9 Å². The van der Waals surface area contributed by atoms with Gasteiger partial charge < -0.3 is 14.6 Å². The topological polar surface area (TPSA) is 43.3 Å². The summed E-state index contributed by atoms with van der Waals surface area (Å²) in [4.78, 5) is 13.2. The van der Waals surface area contributed by atoms with E-state index in [1.54, 1.807) is 0 Å². The molecule has 5 aromatic rings. The van der Waals surface area contributed by atoms with Crippen LogP contribution in [0.1, 0.15) is 41.5 Å². The van der Waals surface area contributed by atoms with Crippen LogP contribution in [0.3, 0.4) is 0 Å². The molecule has 1 N–H and O–H groups in total. The maximum absolute atomic E-state index is 13.2. The number of carbonyl (C=O) groups excluding carboxylic acids is 1. The van der Waals surface area contributed by atoms with Gasteiger partial charge in [0.2, 0.25) is 5.91 Å². The molecule has 0 bridgehead atoms. The maximum atomic E-state index is 13.2. The van der Waals surface area contributed by atoms with Crippen LogP contribution in [0.15, 0.2) is 115 Å². The molecule has 0 aliphatic rings. The lowest BCUT2D eigenvalue weighted by molar-refractivity contribution is -0.121. The third-order valence-electron chi connectivity index (χ3n) is 6.71. The second kappa shape index (κ2) is 11.6. The molecule has 0 unspecified atom stereocenters. The molecule has 37 heavy (non-hydrogen) atoms. The van der Waals surface area contributed by atoms with Gasteiger partial charge in [0.1, 0.15) is 5.75 Å². The third kappa shape index (κ3) is 5.92. The lowest BCUT2D eigenvalue weighted by Gasteiger charge is -2.18. The van der Waals surface area contributed by atoms with Gasteiger partial charge in [0, 0.05) is 42.5 Å². The summed E-state index contributed by atoms with van der Waals surface area (Å²) >= 11 is 0. The third-order valence-corrected chi connectivity index (χ3v) is 6.71. The van der Waals surface area contributed by atoms with Crippen LogP contribution in [0.2, 0.25) is 0 Å². The molecule has 0 radical (unpaired) electrons. The van der Waals surface area contributed by atoms with Crippen molar-refractivity contribution in [2.24, 2.45) is 0 Å². The zero-order valence-electron chi connectivity index (χ0n) is 21.1. The van der Waals surface area contributed by atoms with Gasteiger partial charge in [-0.05, 0) is 47.4 Å². The molecule has 1 aromatic heterocycles. The number of carbonyl (C=O) groups is 1. The Morgan fingerprint density at radius 1 is 0.811 bits per heavy atom. The van der Waals surface area contributed by atoms with E-state index in [0.717, 1.165) is 29.0 Å². The summed E-state index contributed by atoms with van der Waals surface area (Å²) in [6.07, 6.45) is 2.59. The van der Waals surface area contributed by atoms with E-state index in [9.17, 15) is 4.79 Å². The van der Waals surface area contributed by atoms with E-state index in [2.05, 4.69) is 76.7 Å². The van der Waals surface area contributed by atoms with Crippen LogP contribution >= 0.6 is 0 Å². The Bertz CT molecular complexity index is 1440. The minimum atomic E-state index is -0.0895. The highest BCUT2D eigenvalue weighted by molar-refractivity contribution is 5.86. The molecule has 0 aliphatic heterocycles.